The summed E-state index contributed by atoms with van der Waals surface area (Å²) in [5.41, 5.74) is 9.29. The fraction of sp³-hybridized carbons (Fsp3) is 0.429. The number of fused-ring (bicyclic) bond motifs is 1. The second kappa shape index (κ2) is 4.72. The number of nitrogens with two attached hydrogens (primary N) is 1. The van der Waals surface area contributed by atoms with Crippen LogP contribution < -0.4 is 10.6 Å². The number of hydrogen-bond acceptors (Lipinski definition) is 4. The lowest BCUT2D eigenvalue weighted by atomic mass is 9.86. The standard InChI is InChI=1S/C14H17BrN4/c1-2-4-14(16)8-19(9-14)12-3-5-17-11-6-10(15)7-18-13(11)12/h3,5-7H,2,4,8-9,16H2,1H3. The molecule has 0 spiro atoms. The molecule has 1 fully saturated rings. The first kappa shape index (κ1) is 12.8. The van der Waals surface area contributed by atoms with Crippen LogP contribution in [0, 0.1) is 0 Å². The third-order valence-corrected chi connectivity index (χ3v) is 4.06. The molecule has 1 aliphatic heterocycles. The lowest BCUT2D eigenvalue weighted by molar-refractivity contribution is 0.308. The van der Waals surface area contributed by atoms with Gasteiger partial charge < -0.3 is 10.6 Å². The summed E-state index contributed by atoms with van der Waals surface area (Å²) in [6.07, 6.45) is 5.86. The Labute approximate surface area is 121 Å². The summed E-state index contributed by atoms with van der Waals surface area (Å²) in [6.45, 7) is 3.98. The largest absolute Gasteiger partial charge is 0.366 e. The highest BCUT2D eigenvalue weighted by Crippen LogP contribution is 2.33. The van der Waals surface area contributed by atoms with Gasteiger partial charge in [-0.3, -0.25) is 9.97 Å². The SMILES string of the molecule is CCCC1(N)CN(c2ccnc3cc(Br)cnc23)C1. The van der Waals surface area contributed by atoms with Crippen LogP contribution in [0.1, 0.15) is 19.8 Å². The summed E-state index contributed by atoms with van der Waals surface area (Å²) in [4.78, 5) is 11.1. The maximum absolute atomic E-state index is 6.32. The van der Waals surface area contributed by atoms with E-state index in [2.05, 4.69) is 37.7 Å². The van der Waals surface area contributed by atoms with E-state index in [9.17, 15) is 0 Å². The van der Waals surface area contributed by atoms with E-state index in [0.717, 1.165) is 47.1 Å². The van der Waals surface area contributed by atoms with E-state index in [1.54, 1.807) is 0 Å². The molecule has 2 aromatic heterocycles. The second-order valence-electron chi connectivity index (χ2n) is 5.32. The minimum absolute atomic E-state index is 0.0281. The Morgan fingerprint density at radius 3 is 2.95 bits per heavy atom. The van der Waals surface area contributed by atoms with Crippen molar-refractivity contribution in [3.05, 3.63) is 29.0 Å². The molecule has 0 aliphatic carbocycles. The van der Waals surface area contributed by atoms with E-state index < -0.39 is 0 Å². The number of anilines is 1. The van der Waals surface area contributed by atoms with Gasteiger partial charge in [0.25, 0.3) is 0 Å². The van der Waals surface area contributed by atoms with Crippen molar-refractivity contribution >= 4 is 32.7 Å². The maximum Gasteiger partial charge on any atom is 0.112 e. The second-order valence-corrected chi connectivity index (χ2v) is 6.24. The van der Waals surface area contributed by atoms with Crippen LogP contribution in [0.4, 0.5) is 5.69 Å². The van der Waals surface area contributed by atoms with Crippen molar-refractivity contribution in [2.75, 3.05) is 18.0 Å². The molecule has 19 heavy (non-hydrogen) atoms. The molecule has 1 saturated heterocycles. The number of hydrogen-bond donors (Lipinski definition) is 1. The smallest absolute Gasteiger partial charge is 0.112 e. The topological polar surface area (TPSA) is 55.0 Å². The van der Waals surface area contributed by atoms with Crippen LogP contribution in [0.5, 0.6) is 0 Å². The molecule has 0 radical (unpaired) electrons. The van der Waals surface area contributed by atoms with Crippen LogP contribution >= 0.6 is 15.9 Å². The third kappa shape index (κ3) is 2.32. The van der Waals surface area contributed by atoms with Crippen LogP contribution in [0.25, 0.3) is 11.0 Å². The van der Waals surface area contributed by atoms with Gasteiger partial charge in [-0.05, 0) is 34.5 Å². The van der Waals surface area contributed by atoms with E-state index in [4.69, 9.17) is 5.73 Å². The molecular formula is C14H17BrN4. The Kier molecular flexibility index (Phi) is 3.19. The summed E-state index contributed by atoms with van der Waals surface area (Å²) in [5, 5.41) is 0. The highest BCUT2D eigenvalue weighted by molar-refractivity contribution is 9.10. The molecule has 2 aromatic rings. The van der Waals surface area contributed by atoms with Crippen molar-refractivity contribution in [2.45, 2.75) is 25.3 Å². The van der Waals surface area contributed by atoms with Gasteiger partial charge in [-0.25, -0.2) is 0 Å². The summed E-state index contributed by atoms with van der Waals surface area (Å²) >= 11 is 3.43. The van der Waals surface area contributed by atoms with Crippen LogP contribution in [0.2, 0.25) is 0 Å². The predicted octanol–water partition coefficient (Wildman–Crippen LogP) is 2.71. The lowest BCUT2D eigenvalue weighted by Gasteiger charge is -2.49. The van der Waals surface area contributed by atoms with Crippen LogP contribution in [0.3, 0.4) is 0 Å². The quantitative estimate of drug-likeness (QED) is 0.944. The predicted molar refractivity (Wildman–Crippen MR) is 81.3 cm³/mol. The molecule has 5 heteroatoms. The molecule has 0 aromatic carbocycles. The zero-order valence-corrected chi connectivity index (χ0v) is 12.5. The molecule has 0 atom stereocenters. The van der Waals surface area contributed by atoms with E-state index in [0.29, 0.717) is 0 Å². The molecule has 100 valence electrons. The third-order valence-electron chi connectivity index (χ3n) is 3.62. The number of halogens is 1. The Hall–Kier alpha value is -1.20. The van der Waals surface area contributed by atoms with Gasteiger partial charge in [-0.1, -0.05) is 13.3 Å². The summed E-state index contributed by atoms with van der Waals surface area (Å²) in [6, 6.07) is 4.02. The molecule has 0 bridgehead atoms. The van der Waals surface area contributed by atoms with Gasteiger partial charge in [-0.2, -0.15) is 0 Å². The normalized spacial score (nSPS) is 17.5. The fourth-order valence-corrected chi connectivity index (χ4v) is 3.11. The summed E-state index contributed by atoms with van der Waals surface area (Å²) in [5.74, 6) is 0. The average Bonchev–Trinajstić information content (AvgIpc) is 2.35. The van der Waals surface area contributed by atoms with Gasteiger partial charge >= 0.3 is 0 Å². The van der Waals surface area contributed by atoms with Gasteiger partial charge in [0.05, 0.1) is 16.7 Å². The molecule has 2 N–H and O–H groups in total. The van der Waals surface area contributed by atoms with Gasteiger partial charge in [0.15, 0.2) is 0 Å². The van der Waals surface area contributed by atoms with E-state index >= 15 is 0 Å². The molecule has 4 nitrogen and oxygen atoms in total. The Morgan fingerprint density at radius 1 is 1.42 bits per heavy atom. The van der Waals surface area contributed by atoms with Crippen LogP contribution in [-0.4, -0.2) is 28.6 Å². The van der Waals surface area contributed by atoms with Crippen LogP contribution in [0.15, 0.2) is 29.0 Å². The average molecular weight is 321 g/mol. The van der Waals surface area contributed by atoms with E-state index in [-0.39, 0.29) is 5.54 Å². The highest BCUT2D eigenvalue weighted by atomic mass is 79.9. The number of aromatic nitrogens is 2. The Balaban J connectivity index is 1.91. The Bertz CT molecular complexity index is 607. The zero-order valence-electron chi connectivity index (χ0n) is 10.9. The first-order chi connectivity index (χ1) is 9.11. The van der Waals surface area contributed by atoms with Gasteiger partial charge in [0.2, 0.25) is 0 Å². The molecule has 0 unspecified atom stereocenters. The zero-order chi connectivity index (χ0) is 13.5. The summed E-state index contributed by atoms with van der Waals surface area (Å²) < 4.78 is 0.951. The molecule has 0 saturated carbocycles. The molecule has 3 rings (SSSR count). The summed E-state index contributed by atoms with van der Waals surface area (Å²) in [7, 11) is 0. The number of nitrogens with zero attached hydrogens (tertiary/aromatic N) is 3. The molecular weight excluding hydrogens is 304 g/mol. The van der Waals surface area contributed by atoms with Crippen molar-refractivity contribution < 1.29 is 0 Å². The van der Waals surface area contributed by atoms with E-state index in [1.165, 1.54) is 0 Å². The number of pyridine rings is 2. The minimum Gasteiger partial charge on any atom is -0.366 e. The van der Waals surface area contributed by atoms with Crippen molar-refractivity contribution in [1.29, 1.82) is 0 Å². The van der Waals surface area contributed by atoms with Crippen molar-refractivity contribution in [3.8, 4) is 0 Å². The molecule has 1 aliphatic rings. The van der Waals surface area contributed by atoms with Gasteiger partial charge in [-0.15, -0.1) is 0 Å². The van der Waals surface area contributed by atoms with Gasteiger partial charge in [0, 0.05) is 30.0 Å². The van der Waals surface area contributed by atoms with Crippen molar-refractivity contribution in [1.82, 2.24) is 9.97 Å². The first-order valence-electron chi connectivity index (χ1n) is 6.55. The Morgan fingerprint density at radius 2 is 2.21 bits per heavy atom. The van der Waals surface area contributed by atoms with Crippen molar-refractivity contribution in [2.24, 2.45) is 5.73 Å². The minimum atomic E-state index is -0.0281. The monoisotopic (exact) mass is 320 g/mol. The lowest BCUT2D eigenvalue weighted by Crippen LogP contribution is -2.67. The van der Waals surface area contributed by atoms with Gasteiger partial charge in [0.1, 0.15) is 5.52 Å². The molecule has 3 heterocycles. The fourth-order valence-electron chi connectivity index (χ4n) is 2.79. The van der Waals surface area contributed by atoms with Crippen molar-refractivity contribution in [3.63, 3.8) is 0 Å². The molecule has 0 amide bonds. The first-order valence-corrected chi connectivity index (χ1v) is 7.35. The van der Waals surface area contributed by atoms with Crippen LogP contribution in [-0.2, 0) is 0 Å². The highest BCUT2D eigenvalue weighted by Gasteiger charge is 2.39. The van der Waals surface area contributed by atoms with E-state index in [1.807, 2.05) is 24.5 Å². The maximum atomic E-state index is 6.32. The number of rotatable bonds is 3.